The number of aryl methyl sites for hydroxylation is 1. The molecule has 0 unspecified atom stereocenters. The summed E-state index contributed by atoms with van der Waals surface area (Å²) >= 11 is 1.66. The monoisotopic (exact) mass is 251 g/mol. The first-order valence-corrected chi connectivity index (χ1v) is 6.97. The van der Waals surface area contributed by atoms with Crippen LogP contribution in [-0.2, 0) is 10.5 Å². The summed E-state index contributed by atoms with van der Waals surface area (Å²) in [6.45, 7) is 8.09. The van der Waals surface area contributed by atoms with E-state index in [0.29, 0.717) is 5.75 Å². The van der Waals surface area contributed by atoms with Gasteiger partial charge in [0.05, 0.1) is 5.75 Å². The van der Waals surface area contributed by atoms with Crippen LogP contribution < -0.4 is 5.32 Å². The summed E-state index contributed by atoms with van der Waals surface area (Å²) in [6, 6.07) is 8.29. The average molecular weight is 251 g/mol. The SMILES string of the molecule is Cc1ccccc1CSCC(=O)NC(C)(C)C. The van der Waals surface area contributed by atoms with Gasteiger partial charge in [-0.2, -0.15) is 0 Å². The molecule has 1 aromatic rings. The van der Waals surface area contributed by atoms with E-state index in [9.17, 15) is 4.79 Å². The lowest BCUT2D eigenvalue weighted by Crippen LogP contribution is -2.41. The summed E-state index contributed by atoms with van der Waals surface area (Å²) < 4.78 is 0. The van der Waals surface area contributed by atoms with Gasteiger partial charge in [-0.05, 0) is 38.8 Å². The number of hydrogen-bond donors (Lipinski definition) is 1. The van der Waals surface area contributed by atoms with Crippen molar-refractivity contribution < 1.29 is 4.79 Å². The largest absolute Gasteiger partial charge is 0.351 e. The molecular formula is C14H21NOS. The molecule has 17 heavy (non-hydrogen) atoms. The van der Waals surface area contributed by atoms with E-state index in [1.54, 1.807) is 11.8 Å². The molecule has 2 nitrogen and oxygen atoms in total. The van der Waals surface area contributed by atoms with Crippen molar-refractivity contribution in [2.45, 2.75) is 39.0 Å². The van der Waals surface area contributed by atoms with Gasteiger partial charge < -0.3 is 5.32 Å². The topological polar surface area (TPSA) is 29.1 Å². The Morgan fingerprint density at radius 3 is 2.53 bits per heavy atom. The van der Waals surface area contributed by atoms with Crippen molar-refractivity contribution >= 4 is 17.7 Å². The molecule has 0 heterocycles. The van der Waals surface area contributed by atoms with Gasteiger partial charge in [-0.1, -0.05) is 24.3 Å². The first-order valence-electron chi connectivity index (χ1n) is 5.82. The van der Waals surface area contributed by atoms with Crippen LogP contribution >= 0.6 is 11.8 Å². The highest BCUT2D eigenvalue weighted by Gasteiger charge is 2.13. The minimum absolute atomic E-state index is 0.107. The van der Waals surface area contributed by atoms with Crippen LogP contribution in [0.3, 0.4) is 0 Å². The number of benzene rings is 1. The van der Waals surface area contributed by atoms with Crippen molar-refractivity contribution in [3.8, 4) is 0 Å². The van der Waals surface area contributed by atoms with Crippen molar-refractivity contribution in [2.75, 3.05) is 5.75 Å². The van der Waals surface area contributed by atoms with Crippen molar-refractivity contribution in [2.24, 2.45) is 0 Å². The number of hydrogen-bond acceptors (Lipinski definition) is 2. The first kappa shape index (κ1) is 14.1. The third-order valence-corrected chi connectivity index (χ3v) is 3.25. The Bertz CT molecular complexity index is 382. The summed E-state index contributed by atoms with van der Waals surface area (Å²) in [4.78, 5) is 11.6. The van der Waals surface area contributed by atoms with Crippen LogP contribution in [0.4, 0.5) is 0 Å². The van der Waals surface area contributed by atoms with Crippen molar-refractivity contribution in [1.29, 1.82) is 0 Å². The molecule has 0 aliphatic heterocycles. The van der Waals surface area contributed by atoms with E-state index >= 15 is 0 Å². The standard InChI is InChI=1S/C14H21NOS/c1-11-7-5-6-8-12(11)9-17-10-13(16)15-14(2,3)4/h5-8H,9-10H2,1-4H3,(H,15,16). The van der Waals surface area contributed by atoms with Crippen LogP contribution in [0.2, 0.25) is 0 Å². The molecule has 1 amide bonds. The fourth-order valence-corrected chi connectivity index (χ4v) is 2.38. The van der Waals surface area contributed by atoms with Crippen LogP contribution in [-0.4, -0.2) is 17.2 Å². The third-order valence-electron chi connectivity index (χ3n) is 2.27. The van der Waals surface area contributed by atoms with Crippen molar-refractivity contribution in [3.05, 3.63) is 35.4 Å². The Kier molecular flexibility index (Phi) is 5.06. The summed E-state index contributed by atoms with van der Waals surface area (Å²) in [7, 11) is 0. The van der Waals surface area contributed by atoms with Crippen LogP contribution in [0.25, 0.3) is 0 Å². The average Bonchev–Trinajstić information content (AvgIpc) is 2.18. The second kappa shape index (κ2) is 6.10. The molecule has 3 heteroatoms. The molecule has 1 aromatic carbocycles. The van der Waals surface area contributed by atoms with Crippen LogP contribution in [0.1, 0.15) is 31.9 Å². The summed E-state index contributed by atoms with van der Waals surface area (Å²) in [5, 5.41) is 2.96. The molecule has 0 saturated carbocycles. The summed E-state index contributed by atoms with van der Waals surface area (Å²) in [6.07, 6.45) is 0. The van der Waals surface area contributed by atoms with E-state index in [0.717, 1.165) is 5.75 Å². The van der Waals surface area contributed by atoms with Crippen molar-refractivity contribution in [3.63, 3.8) is 0 Å². The highest BCUT2D eigenvalue weighted by Crippen LogP contribution is 2.15. The quantitative estimate of drug-likeness (QED) is 0.890. The number of carbonyl (C=O) groups is 1. The van der Waals surface area contributed by atoms with Gasteiger partial charge in [0.25, 0.3) is 0 Å². The fourth-order valence-electron chi connectivity index (χ4n) is 1.48. The van der Waals surface area contributed by atoms with Gasteiger partial charge in [-0.25, -0.2) is 0 Å². The fraction of sp³-hybridized carbons (Fsp3) is 0.500. The Hall–Kier alpha value is -0.960. The minimum Gasteiger partial charge on any atom is -0.351 e. The van der Waals surface area contributed by atoms with Gasteiger partial charge in [0.1, 0.15) is 0 Å². The maximum Gasteiger partial charge on any atom is 0.230 e. The van der Waals surface area contributed by atoms with E-state index in [4.69, 9.17) is 0 Å². The van der Waals surface area contributed by atoms with Crippen LogP contribution in [0.5, 0.6) is 0 Å². The molecule has 0 saturated heterocycles. The minimum atomic E-state index is -0.139. The van der Waals surface area contributed by atoms with E-state index in [2.05, 4.69) is 24.4 Å². The first-order chi connectivity index (χ1) is 7.88. The van der Waals surface area contributed by atoms with Gasteiger partial charge in [0.15, 0.2) is 0 Å². The van der Waals surface area contributed by atoms with Crippen molar-refractivity contribution in [1.82, 2.24) is 5.32 Å². The molecule has 0 atom stereocenters. The maximum atomic E-state index is 11.6. The van der Waals surface area contributed by atoms with Gasteiger partial charge in [0, 0.05) is 11.3 Å². The van der Waals surface area contributed by atoms with Gasteiger partial charge >= 0.3 is 0 Å². The predicted octanol–water partition coefficient (Wildman–Crippen LogP) is 3.14. The maximum absolute atomic E-state index is 11.6. The molecule has 0 aliphatic rings. The smallest absolute Gasteiger partial charge is 0.230 e. The van der Waals surface area contributed by atoms with Gasteiger partial charge in [-0.15, -0.1) is 11.8 Å². The zero-order valence-corrected chi connectivity index (χ0v) is 11.9. The lowest BCUT2D eigenvalue weighted by atomic mass is 10.1. The van der Waals surface area contributed by atoms with Gasteiger partial charge in [-0.3, -0.25) is 4.79 Å². The Labute approximate surface area is 108 Å². The number of rotatable bonds is 4. The lowest BCUT2D eigenvalue weighted by molar-refractivity contribution is -0.119. The molecule has 0 bridgehead atoms. The summed E-state index contributed by atoms with van der Waals surface area (Å²) in [5.41, 5.74) is 2.46. The zero-order valence-electron chi connectivity index (χ0n) is 11.0. The number of nitrogens with one attached hydrogen (secondary N) is 1. The molecule has 0 aromatic heterocycles. The van der Waals surface area contributed by atoms with Gasteiger partial charge in [0.2, 0.25) is 5.91 Å². The highest BCUT2D eigenvalue weighted by atomic mass is 32.2. The second-order valence-corrected chi connectivity index (χ2v) is 6.20. The third kappa shape index (κ3) is 5.78. The number of carbonyl (C=O) groups excluding carboxylic acids is 1. The molecular weight excluding hydrogens is 230 g/mol. The molecule has 94 valence electrons. The molecule has 0 spiro atoms. The Morgan fingerprint density at radius 1 is 1.29 bits per heavy atom. The zero-order chi connectivity index (χ0) is 12.9. The van der Waals surface area contributed by atoms with E-state index in [-0.39, 0.29) is 11.4 Å². The molecule has 0 radical (unpaired) electrons. The van der Waals surface area contributed by atoms with Crippen LogP contribution in [0.15, 0.2) is 24.3 Å². The molecule has 0 fully saturated rings. The highest BCUT2D eigenvalue weighted by molar-refractivity contribution is 7.99. The molecule has 0 aliphatic carbocycles. The van der Waals surface area contributed by atoms with E-state index in [1.807, 2.05) is 32.9 Å². The van der Waals surface area contributed by atoms with E-state index in [1.165, 1.54) is 11.1 Å². The Balaban J connectivity index is 2.34. The van der Waals surface area contributed by atoms with Crippen LogP contribution in [0, 0.1) is 6.92 Å². The molecule has 1 N–H and O–H groups in total. The second-order valence-electron chi connectivity index (χ2n) is 5.22. The molecule has 1 rings (SSSR count). The summed E-state index contributed by atoms with van der Waals surface area (Å²) in [5.74, 6) is 1.52. The van der Waals surface area contributed by atoms with E-state index < -0.39 is 0 Å². The Morgan fingerprint density at radius 2 is 1.94 bits per heavy atom. The number of thioether (sulfide) groups is 1. The predicted molar refractivity (Wildman–Crippen MR) is 75.2 cm³/mol. The number of amides is 1. The normalized spacial score (nSPS) is 11.3. The lowest BCUT2D eigenvalue weighted by Gasteiger charge is -2.20.